The highest BCUT2D eigenvalue weighted by Crippen LogP contribution is 2.26. The SMILES string of the molecule is CCC(Nc1ccc(N)cc1)c1cccs1. The molecule has 16 heavy (non-hydrogen) atoms. The third-order valence-electron chi connectivity index (χ3n) is 2.55. The summed E-state index contributed by atoms with van der Waals surface area (Å²) in [6.07, 6.45) is 1.07. The van der Waals surface area contributed by atoms with Gasteiger partial charge in [0, 0.05) is 16.3 Å². The fourth-order valence-corrected chi connectivity index (χ4v) is 2.51. The minimum Gasteiger partial charge on any atom is -0.399 e. The van der Waals surface area contributed by atoms with Crippen LogP contribution in [0.1, 0.15) is 24.3 Å². The predicted molar refractivity (Wildman–Crippen MR) is 71.8 cm³/mol. The highest BCUT2D eigenvalue weighted by molar-refractivity contribution is 7.10. The number of hydrogen-bond acceptors (Lipinski definition) is 3. The van der Waals surface area contributed by atoms with E-state index in [2.05, 4.69) is 29.8 Å². The summed E-state index contributed by atoms with van der Waals surface area (Å²) in [5.41, 5.74) is 7.58. The van der Waals surface area contributed by atoms with Gasteiger partial charge in [0.1, 0.15) is 0 Å². The van der Waals surface area contributed by atoms with Crippen LogP contribution in [-0.4, -0.2) is 0 Å². The largest absolute Gasteiger partial charge is 0.399 e. The van der Waals surface area contributed by atoms with E-state index in [0.717, 1.165) is 17.8 Å². The van der Waals surface area contributed by atoms with E-state index in [-0.39, 0.29) is 0 Å². The first kappa shape index (κ1) is 11.0. The Kier molecular flexibility index (Phi) is 3.47. The standard InChI is InChI=1S/C13H16N2S/c1-2-12(13-4-3-9-16-13)15-11-7-5-10(14)6-8-11/h3-9,12,15H,2,14H2,1H3. The number of nitrogens with one attached hydrogen (secondary N) is 1. The second-order valence-electron chi connectivity index (χ2n) is 3.74. The van der Waals surface area contributed by atoms with Crippen LogP contribution in [0, 0.1) is 0 Å². The average molecular weight is 232 g/mol. The van der Waals surface area contributed by atoms with Crippen molar-refractivity contribution in [1.29, 1.82) is 0 Å². The van der Waals surface area contributed by atoms with Gasteiger partial charge in [-0.05, 0) is 42.1 Å². The lowest BCUT2D eigenvalue weighted by molar-refractivity contribution is 0.764. The van der Waals surface area contributed by atoms with E-state index in [1.54, 1.807) is 11.3 Å². The number of benzene rings is 1. The van der Waals surface area contributed by atoms with Gasteiger partial charge in [0.25, 0.3) is 0 Å². The zero-order valence-corrected chi connectivity index (χ0v) is 10.1. The molecule has 1 aromatic carbocycles. The summed E-state index contributed by atoms with van der Waals surface area (Å²) in [7, 11) is 0. The molecule has 0 bridgehead atoms. The van der Waals surface area contributed by atoms with E-state index >= 15 is 0 Å². The summed E-state index contributed by atoms with van der Waals surface area (Å²) in [5.74, 6) is 0. The van der Waals surface area contributed by atoms with Crippen LogP contribution in [-0.2, 0) is 0 Å². The maximum Gasteiger partial charge on any atom is 0.0603 e. The second kappa shape index (κ2) is 5.03. The Morgan fingerprint density at radius 2 is 2.00 bits per heavy atom. The number of rotatable bonds is 4. The molecule has 0 saturated heterocycles. The van der Waals surface area contributed by atoms with Gasteiger partial charge in [-0.2, -0.15) is 0 Å². The van der Waals surface area contributed by atoms with Crippen LogP contribution in [0.3, 0.4) is 0 Å². The molecule has 0 amide bonds. The number of hydrogen-bond donors (Lipinski definition) is 2. The minimum atomic E-state index is 0.392. The van der Waals surface area contributed by atoms with Crippen molar-refractivity contribution in [2.45, 2.75) is 19.4 Å². The smallest absolute Gasteiger partial charge is 0.0603 e. The molecule has 0 aliphatic heterocycles. The fraction of sp³-hybridized carbons (Fsp3) is 0.231. The molecular weight excluding hydrogens is 216 g/mol. The molecule has 2 aromatic rings. The number of nitrogens with two attached hydrogens (primary N) is 1. The first-order chi connectivity index (χ1) is 7.79. The summed E-state index contributed by atoms with van der Waals surface area (Å²) in [6.45, 7) is 2.19. The first-order valence-corrected chi connectivity index (χ1v) is 6.33. The van der Waals surface area contributed by atoms with E-state index in [0.29, 0.717) is 6.04 Å². The molecule has 3 heteroatoms. The highest BCUT2D eigenvalue weighted by Gasteiger charge is 2.09. The van der Waals surface area contributed by atoms with Crippen molar-refractivity contribution >= 4 is 22.7 Å². The molecule has 1 atom stereocenters. The van der Waals surface area contributed by atoms with Crippen LogP contribution in [0.5, 0.6) is 0 Å². The first-order valence-electron chi connectivity index (χ1n) is 5.45. The third kappa shape index (κ3) is 2.55. The monoisotopic (exact) mass is 232 g/mol. The molecular formula is C13H16N2S. The highest BCUT2D eigenvalue weighted by atomic mass is 32.1. The Balaban J connectivity index is 2.10. The molecule has 0 fully saturated rings. The molecule has 0 saturated carbocycles. The Morgan fingerprint density at radius 3 is 2.56 bits per heavy atom. The third-order valence-corrected chi connectivity index (χ3v) is 3.53. The van der Waals surface area contributed by atoms with Gasteiger partial charge in [0.2, 0.25) is 0 Å². The molecule has 2 nitrogen and oxygen atoms in total. The van der Waals surface area contributed by atoms with Gasteiger partial charge in [-0.3, -0.25) is 0 Å². The van der Waals surface area contributed by atoms with Gasteiger partial charge in [-0.1, -0.05) is 13.0 Å². The number of nitrogen functional groups attached to an aromatic ring is 1. The zero-order valence-electron chi connectivity index (χ0n) is 9.31. The van der Waals surface area contributed by atoms with Gasteiger partial charge in [0.15, 0.2) is 0 Å². The zero-order chi connectivity index (χ0) is 11.4. The lowest BCUT2D eigenvalue weighted by Gasteiger charge is -2.16. The quantitative estimate of drug-likeness (QED) is 0.785. The van der Waals surface area contributed by atoms with E-state index < -0.39 is 0 Å². The van der Waals surface area contributed by atoms with Gasteiger partial charge in [-0.25, -0.2) is 0 Å². The van der Waals surface area contributed by atoms with Crippen molar-refractivity contribution in [2.75, 3.05) is 11.1 Å². The molecule has 3 N–H and O–H groups in total. The van der Waals surface area contributed by atoms with E-state index in [1.807, 2.05) is 24.3 Å². The lowest BCUT2D eigenvalue weighted by atomic mass is 10.1. The minimum absolute atomic E-state index is 0.392. The molecule has 0 spiro atoms. The topological polar surface area (TPSA) is 38.0 Å². The van der Waals surface area contributed by atoms with E-state index in [9.17, 15) is 0 Å². The van der Waals surface area contributed by atoms with Crippen molar-refractivity contribution < 1.29 is 0 Å². The fourth-order valence-electron chi connectivity index (χ4n) is 1.64. The Labute approximate surface area is 100 Å². The summed E-state index contributed by atoms with van der Waals surface area (Å²) < 4.78 is 0. The Hall–Kier alpha value is -1.48. The molecule has 1 heterocycles. The van der Waals surface area contributed by atoms with E-state index in [1.165, 1.54) is 4.88 Å². The molecule has 0 aliphatic rings. The molecule has 1 aromatic heterocycles. The molecule has 2 rings (SSSR count). The lowest BCUT2D eigenvalue weighted by Crippen LogP contribution is -2.07. The van der Waals surface area contributed by atoms with Crippen molar-refractivity contribution in [3.05, 3.63) is 46.7 Å². The maximum atomic E-state index is 5.66. The Bertz CT molecular complexity index is 420. The van der Waals surface area contributed by atoms with Crippen LogP contribution < -0.4 is 11.1 Å². The average Bonchev–Trinajstić information content (AvgIpc) is 2.82. The summed E-state index contributed by atoms with van der Waals surface area (Å²) >= 11 is 1.79. The van der Waals surface area contributed by atoms with Crippen LogP contribution in [0.4, 0.5) is 11.4 Å². The van der Waals surface area contributed by atoms with Crippen molar-refractivity contribution in [1.82, 2.24) is 0 Å². The van der Waals surface area contributed by atoms with Crippen LogP contribution in [0.25, 0.3) is 0 Å². The van der Waals surface area contributed by atoms with Crippen LogP contribution >= 0.6 is 11.3 Å². The second-order valence-corrected chi connectivity index (χ2v) is 4.72. The summed E-state index contributed by atoms with van der Waals surface area (Å²) in [5, 5.41) is 5.63. The molecule has 1 unspecified atom stereocenters. The van der Waals surface area contributed by atoms with Crippen LogP contribution in [0.2, 0.25) is 0 Å². The molecule has 0 radical (unpaired) electrons. The van der Waals surface area contributed by atoms with Crippen LogP contribution in [0.15, 0.2) is 41.8 Å². The normalized spacial score (nSPS) is 12.3. The van der Waals surface area contributed by atoms with Gasteiger partial charge in [0.05, 0.1) is 6.04 Å². The van der Waals surface area contributed by atoms with Crippen molar-refractivity contribution in [3.8, 4) is 0 Å². The summed E-state index contributed by atoms with van der Waals surface area (Å²) in [4.78, 5) is 1.37. The van der Waals surface area contributed by atoms with Gasteiger partial charge < -0.3 is 11.1 Å². The molecule has 84 valence electrons. The number of anilines is 2. The maximum absolute atomic E-state index is 5.66. The van der Waals surface area contributed by atoms with Crippen molar-refractivity contribution in [3.63, 3.8) is 0 Å². The summed E-state index contributed by atoms with van der Waals surface area (Å²) in [6, 6.07) is 12.5. The van der Waals surface area contributed by atoms with Crippen molar-refractivity contribution in [2.24, 2.45) is 0 Å². The predicted octanol–water partition coefficient (Wildman–Crippen LogP) is 3.89. The van der Waals surface area contributed by atoms with E-state index in [4.69, 9.17) is 5.73 Å². The molecule has 0 aliphatic carbocycles. The van der Waals surface area contributed by atoms with Gasteiger partial charge in [-0.15, -0.1) is 11.3 Å². The Morgan fingerprint density at radius 1 is 1.25 bits per heavy atom. The van der Waals surface area contributed by atoms with Gasteiger partial charge >= 0.3 is 0 Å². The number of thiophene rings is 1.